The molecule has 1 heterocycles. The van der Waals surface area contributed by atoms with Gasteiger partial charge in [0, 0.05) is 28.9 Å². The first-order valence-corrected chi connectivity index (χ1v) is 8.38. The summed E-state index contributed by atoms with van der Waals surface area (Å²) in [6.45, 7) is 4.80. The zero-order valence-electron chi connectivity index (χ0n) is 12.3. The quantitative estimate of drug-likeness (QED) is 0.427. The lowest BCUT2D eigenvalue weighted by atomic mass is 10.3. The van der Waals surface area contributed by atoms with E-state index in [2.05, 4.69) is 38.1 Å². The standard InChI is InChI=1S/C15H20IN3O3/c16-12-2-4-13(5-3-12)18-15(21)14(20)17-6-1-7-19-8-10-22-11-9-19/h2-5H,1,6-11H2,(H,17,20)(H,18,21). The summed E-state index contributed by atoms with van der Waals surface area (Å²) >= 11 is 2.18. The largest absolute Gasteiger partial charge is 0.379 e. The van der Waals surface area contributed by atoms with Crippen LogP contribution in [-0.4, -0.2) is 56.1 Å². The van der Waals surface area contributed by atoms with E-state index in [1.165, 1.54) is 0 Å². The predicted molar refractivity (Wildman–Crippen MR) is 92.7 cm³/mol. The Morgan fingerprint density at radius 2 is 1.82 bits per heavy atom. The average Bonchev–Trinajstić information content (AvgIpc) is 2.54. The number of anilines is 1. The first-order chi connectivity index (χ1) is 10.6. The predicted octanol–water partition coefficient (Wildman–Crippen LogP) is 1.07. The summed E-state index contributed by atoms with van der Waals surface area (Å²) in [5.41, 5.74) is 0.619. The number of halogens is 1. The summed E-state index contributed by atoms with van der Waals surface area (Å²) in [4.78, 5) is 25.7. The Balaban J connectivity index is 1.63. The molecule has 0 atom stereocenters. The van der Waals surface area contributed by atoms with Crippen molar-refractivity contribution < 1.29 is 14.3 Å². The molecular weight excluding hydrogens is 397 g/mol. The van der Waals surface area contributed by atoms with Crippen molar-refractivity contribution in [1.82, 2.24) is 10.2 Å². The molecule has 0 aliphatic carbocycles. The van der Waals surface area contributed by atoms with Crippen molar-refractivity contribution in [2.24, 2.45) is 0 Å². The van der Waals surface area contributed by atoms with Crippen molar-refractivity contribution in [3.63, 3.8) is 0 Å². The van der Waals surface area contributed by atoms with Crippen LogP contribution in [0.25, 0.3) is 0 Å². The molecular formula is C15H20IN3O3. The number of nitrogens with zero attached hydrogens (tertiary/aromatic N) is 1. The summed E-state index contributed by atoms with van der Waals surface area (Å²) in [5, 5.41) is 5.22. The molecule has 0 saturated carbocycles. The highest BCUT2D eigenvalue weighted by Crippen LogP contribution is 2.10. The molecule has 1 aromatic rings. The second-order valence-electron chi connectivity index (χ2n) is 5.02. The average molecular weight is 417 g/mol. The number of rotatable bonds is 5. The maximum atomic E-state index is 11.7. The van der Waals surface area contributed by atoms with E-state index >= 15 is 0 Å². The van der Waals surface area contributed by atoms with Crippen LogP contribution in [0.15, 0.2) is 24.3 Å². The van der Waals surface area contributed by atoms with Gasteiger partial charge >= 0.3 is 11.8 Å². The number of ether oxygens (including phenoxy) is 1. The maximum absolute atomic E-state index is 11.7. The fourth-order valence-corrected chi connectivity index (χ4v) is 2.49. The summed E-state index contributed by atoms with van der Waals surface area (Å²) < 4.78 is 6.35. The van der Waals surface area contributed by atoms with Gasteiger partial charge in [-0.25, -0.2) is 0 Å². The third-order valence-electron chi connectivity index (χ3n) is 3.35. The normalized spacial score (nSPS) is 15.3. The van der Waals surface area contributed by atoms with Crippen LogP contribution in [0.5, 0.6) is 0 Å². The van der Waals surface area contributed by atoms with Crippen LogP contribution in [0.4, 0.5) is 5.69 Å². The third kappa shape index (κ3) is 5.90. The SMILES string of the molecule is O=C(NCCCN1CCOCC1)C(=O)Nc1ccc(I)cc1. The second kappa shape index (κ2) is 9.06. The van der Waals surface area contributed by atoms with Crippen LogP contribution in [0.3, 0.4) is 0 Å². The number of hydrogen-bond donors (Lipinski definition) is 2. The number of carbonyl (C=O) groups excluding carboxylic acids is 2. The van der Waals surface area contributed by atoms with Gasteiger partial charge in [-0.05, 0) is 59.8 Å². The van der Waals surface area contributed by atoms with Gasteiger partial charge in [0.25, 0.3) is 0 Å². The van der Waals surface area contributed by atoms with E-state index in [0.717, 1.165) is 42.8 Å². The van der Waals surface area contributed by atoms with Gasteiger partial charge in [-0.1, -0.05) is 0 Å². The van der Waals surface area contributed by atoms with Crippen LogP contribution < -0.4 is 10.6 Å². The van der Waals surface area contributed by atoms with Crippen molar-refractivity contribution in [3.8, 4) is 0 Å². The molecule has 1 aliphatic heterocycles. The van der Waals surface area contributed by atoms with Crippen molar-refractivity contribution >= 4 is 40.1 Å². The van der Waals surface area contributed by atoms with Crippen LogP contribution >= 0.6 is 22.6 Å². The van der Waals surface area contributed by atoms with Gasteiger partial charge in [0.15, 0.2) is 0 Å². The van der Waals surface area contributed by atoms with Crippen LogP contribution in [0, 0.1) is 3.57 Å². The summed E-state index contributed by atoms with van der Waals surface area (Å²) in [7, 11) is 0. The molecule has 6 nitrogen and oxygen atoms in total. The zero-order valence-corrected chi connectivity index (χ0v) is 14.5. The molecule has 2 amide bonds. The van der Waals surface area contributed by atoms with E-state index in [0.29, 0.717) is 12.2 Å². The lowest BCUT2D eigenvalue weighted by Gasteiger charge is -2.26. The van der Waals surface area contributed by atoms with Crippen LogP contribution in [0.2, 0.25) is 0 Å². The van der Waals surface area contributed by atoms with E-state index in [1.807, 2.05) is 12.1 Å². The molecule has 0 unspecified atom stereocenters. The van der Waals surface area contributed by atoms with Gasteiger partial charge < -0.3 is 15.4 Å². The number of morpholine rings is 1. The zero-order chi connectivity index (χ0) is 15.8. The fourth-order valence-electron chi connectivity index (χ4n) is 2.13. The Labute approximate surface area is 143 Å². The Morgan fingerprint density at radius 1 is 1.14 bits per heavy atom. The van der Waals surface area contributed by atoms with Crippen LogP contribution in [0.1, 0.15) is 6.42 Å². The summed E-state index contributed by atoms with van der Waals surface area (Å²) in [5.74, 6) is -1.23. The fraction of sp³-hybridized carbons (Fsp3) is 0.467. The monoisotopic (exact) mass is 417 g/mol. The van der Waals surface area contributed by atoms with E-state index in [-0.39, 0.29) is 0 Å². The van der Waals surface area contributed by atoms with E-state index in [1.54, 1.807) is 12.1 Å². The molecule has 2 rings (SSSR count). The molecule has 1 aliphatic rings. The van der Waals surface area contributed by atoms with Crippen LogP contribution in [-0.2, 0) is 14.3 Å². The van der Waals surface area contributed by atoms with Gasteiger partial charge in [-0.15, -0.1) is 0 Å². The summed E-state index contributed by atoms with van der Waals surface area (Å²) in [6, 6.07) is 7.28. The highest BCUT2D eigenvalue weighted by Gasteiger charge is 2.14. The first kappa shape index (κ1) is 17.2. The number of nitrogens with one attached hydrogen (secondary N) is 2. The topological polar surface area (TPSA) is 70.7 Å². The van der Waals surface area contributed by atoms with E-state index < -0.39 is 11.8 Å². The molecule has 0 spiro atoms. The Kier molecular flexibility index (Phi) is 7.07. The van der Waals surface area contributed by atoms with Crippen molar-refractivity contribution in [2.75, 3.05) is 44.7 Å². The molecule has 1 aromatic carbocycles. The Morgan fingerprint density at radius 3 is 2.50 bits per heavy atom. The molecule has 1 fully saturated rings. The maximum Gasteiger partial charge on any atom is 0.313 e. The molecule has 22 heavy (non-hydrogen) atoms. The molecule has 120 valence electrons. The smallest absolute Gasteiger partial charge is 0.313 e. The third-order valence-corrected chi connectivity index (χ3v) is 4.07. The van der Waals surface area contributed by atoms with Gasteiger partial charge in [0.05, 0.1) is 13.2 Å². The molecule has 1 saturated heterocycles. The lowest BCUT2D eigenvalue weighted by molar-refractivity contribution is -0.136. The van der Waals surface area contributed by atoms with Gasteiger partial charge in [-0.2, -0.15) is 0 Å². The van der Waals surface area contributed by atoms with E-state index in [9.17, 15) is 9.59 Å². The number of amides is 2. The highest BCUT2D eigenvalue weighted by atomic mass is 127. The van der Waals surface area contributed by atoms with Crippen molar-refractivity contribution in [3.05, 3.63) is 27.8 Å². The number of hydrogen-bond acceptors (Lipinski definition) is 4. The minimum Gasteiger partial charge on any atom is -0.379 e. The van der Waals surface area contributed by atoms with Gasteiger partial charge in [0.1, 0.15) is 0 Å². The molecule has 0 radical (unpaired) electrons. The Bertz CT molecular complexity index is 501. The van der Waals surface area contributed by atoms with Gasteiger partial charge in [-0.3, -0.25) is 14.5 Å². The number of carbonyl (C=O) groups is 2. The Hall–Kier alpha value is -1.19. The molecule has 2 N–H and O–H groups in total. The highest BCUT2D eigenvalue weighted by molar-refractivity contribution is 14.1. The molecule has 0 bridgehead atoms. The minimum absolute atomic E-state index is 0.496. The minimum atomic E-state index is -0.632. The lowest BCUT2D eigenvalue weighted by Crippen LogP contribution is -2.39. The van der Waals surface area contributed by atoms with E-state index in [4.69, 9.17) is 4.74 Å². The molecule has 0 aromatic heterocycles. The van der Waals surface area contributed by atoms with Gasteiger partial charge in [0.2, 0.25) is 0 Å². The second-order valence-corrected chi connectivity index (χ2v) is 6.27. The summed E-state index contributed by atoms with van der Waals surface area (Å²) in [6.07, 6.45) is 0.822. The van der Waals surface area contributed by atoms with Crippen molar-refractivity contribution in [2.45, 2.75) is 6.42 Å². The van der Waals surface area contributed by atoms with Crippen molar-refractivity contribution in [1.29, 1.82) is 0 Å². The number of benzene rings is 1. The molecule has 7 heteroatoms. The first-order valence-electron chi connectivity index (χ1n) is 7.30.